The Balaban J connectivity index is 1.79. The van der Waals surface area contributed by atoms with E-state index in [1.54, 1.807) is 19.1 Å². The lowest BCUT2D eigenvalue weighted by molar-refractivity contribution is 0.0357. The van der Waals surface area contributed by atoms with Crippen molar-refractivity contribution in [3.8, 4) is 0 Å². The number of amides is 2. The molecule has 1 fully saturated rings. The highest BCUT2D eigenvalue weighted by molar-refractivity contribution is 5.74. The number of urea groups is 1. The topological polar surface area (TPSA) is 74.5 Å². The van der Waals surface area contributed by atoms with Crippen molar-refractivity contribution in [1.82, 2.24) is 10.6 Å². The first-order chi connectivity index (χ1) is 9.38. The summed E-state index contributed by atoms with van der Waals surface area (Å²) in [6, 6.07) is 3.46. The highest BCUT2D eigenvalue weighted by atomic mass is 16.4. The first-order valence-electron chi connectivity index (χ1n) is 7.22. The second-order valence-corrected chi connectivity index (χ2v) is 5.99. The van der Waals surface area contributed by atoms with Gasteiger partial charge in [0.25, 0.3) is 0 Å². The first kappa shape index (κ1) is 14.9. The van der Waals surface area contributed by atoms with Gasteiger partial charge in [-0.25, -0.2) is 4.79 Å². The Morgan fingerprint density at radius 2 is 2.25 bits per heavy atom. The third-order valence-corrected chi connectivity index (χ3v) is 4.08. The predicted octanol–water partition coefficient (Wildman–Crippen LogP) is 2.28. The molecular formula is C15H24N2O3. The van der Waals surface area contributed by atoms with Gasteiger partial charge in [-0.3, -0.25) is 0 Å². The number of aliphatic hydroxyl groups is 1. The Morgan fingerprint density at radius 1 is 1.55 bits per heavy atom. The zero-order valence-electron chi connectivity index (χ0n) is 12.4. The highest BCUT2D eigenvalue weighted by Gasteiger charge is 2.29. The summed E-state index contributed by atoms with van der Waals surface area (Å²) >= 11 is 0. The fourth-order valence-electron chi connectivity index (χ4n) is 2.38. The number of carbonyl (C=O) groups is 1. The monoisotopic (exact) mass is 280 g/mol. The van der Waals surface area contributed by atoms with Crippen LogP contribution < -0.4 is 10.6 Å². The number of rotatable bonds is 5. The molecule has 1 aromatic rings. The minimum Gasteiger partial charge on any atom is -0.463 e. The van der Waals surface area contributed by atoms with Gasteiger partial charge in [-0.15, -0.1) is 0 Å². The van der Waals surface area contributed by atoms with Gasteiger partial charge in [0.1, 0.15) is 17.1 Å². The molecule has 1 aliphatic carbocycles. The van der Waals surface area contributed by atoms with Crippen LogP contribution in [0, 0.1) is 12.8 Å². The first-order valence-corrected chi connectivity index (χ1v) is 7.22. The van der Waals surface area contributed by atoms with Crippen LogP contribution in [0.2, 0.25) is 0 Å². The van der Waals surface area contributed by atoms with Crippen LogP contribution >= 0.6 is 0 Å². The van der Waals surface area contributed by atoms with E-state index in [9.17, 15) is 9.90 Å². The molecule has 0 spiro atoms. The molecule has 1 heterocycles. The van der Waals surface area contributed by atoms with Crippen LogP contribution in [0.15, 0.2) is 16.5 Å². The molecule has 20 heavy (non-hydrogen) atoms. The van der Waals surface area contributed by atoms with E-state index in [2.05, 4.69) is 10.6 Å². The summed E-state index contributed by atoms with van der Waals surface area (Å²) in [5, 5.41) is 15.9. The number of furan rings is 1. The van der Waals surface area contributed by atoms with Crippen molar-refractivity contribution in [3.63, 3.8) is 0 Å². The molecule has 2 rings (SSSR count). The van der Waals surface area contributed by atoms with Gasteiger partial charge >= 0.3 is 6.03 Å². The zero-order chi connectivity index (χ0) is 14.8. The molecule has 112 valence electrons. The molecule has 2 amide bonds. The van der Waals surface area contributed by atoms with Crippen LogP contribution in [-0.2, 0) is 5.60 Å². The maximum absolute atomic E-state index is 11.8. The van der Waals surface area contributed by atoms with E-state index < -0.39 is 5.60 Å². The maximum atomic E-state index is 11.8. The molecule has 2 unspecified atom stereocenters. The second kappa shape index (κ2) is 5.87. The molecule has 5 nitrogen and oxygen atoms in total. The molecule has 3 N–H and O–H groups in total. The molecule has 0 saturated heterocycles. The van der Waals surface area contributed by atoms with E-state index >= 15 is 0 Å². The zero-order valence-corrected chi connectivity index (χ0v) is 12.4. The summed E-state index contributed by atoms with van der Waals surface area (Å²) in [5.41, 5.74) is -1.20. The fourth-order valence-corrected chi connectivity index (χ4v) is 2.38. The molecule has 1 saturated carbocycles. The van der Waals surface area contributed by atoms with Crippen molar-refractivity contribution in [3.05, 3.63) is 23.7 Å². The van der Waals surface area contributed by atoms with Crippen LogP contribution in [0.25, 0.3) is 0 Å². The SMILES string of the molecule is Cc1ccc(C(C)(O)CNC(=O)NC(C)C2CCC2)o1. The fraction of sp³-hybridized carbons (Fsp3) is 0.667. The summed E-state index contributed by atoms with van der Waals surface area (Å²) in [5.74, 6) is 1.79. The summed E-state index contributed by atoms with van der Waals surface area (Å²) in [6.07, 6.45) is 3.63. The molecule has 0 bridgehead atoms. The van der Waals surface area contributed by atoms with Crippen molar-refractivity contribution in [2.24, 2.45) is 5.92 Å². The van der Waals surface area contributed by atoms with Gasteiger partial charge in [0.15, 0.2) is 0 Å². The molecule has 5 heteroatoms. The average Bonchev–Trinajstić information content (AvgIpc) is 2.71. The van der Waals surface area contributed by atoms with Gasteiger partial charge < -0.3 is 20.2 Å². The van der Waals surface area contributed by atoms with Crippen molar-refractivity contribution in [2.75, 3.05) is 6.54 Å². The van der Waals surface area contributed by atoms with Crippen molar-refractivity contribution in [2.45, 2.75) is 51.7 Å². The van der Waals surface area contributed by atoms with Crippen LogP contribution in [0.1, 0.15) is 44.6 Å². The number of nitrogens with one attached hydrogen (secondary N) is 2. The molecule has 1 aliphatic rings. The summed E-state index contributed by atoms with van der Waals surface area (Å²) in [4.78, 5) is 11.8. The highest BCUT2D eigenvalue weighted by Crippen LogP contribution is 2.29. The molecule has 1 aromatic heterocycles. The van der Waals surface area contributed by atoms with E-state index in [1.165, 1.54) is 19.3 Å². The van der Waals surface area contributed by atoms with Gasteiger partial charge in [0, 0.05) is 6.04 Å². The number of carbonyl (C=O) groups excluding carboxylic acids is 1. The van der Waals surface area contributed by atoms with Crippen LogP contribution in [-0.4, -0.2) is 23.7 Å². The van der Waals surface area contributed by atoms with Crippen LogP contribution in [0.5, 0.6) is 0 Å². The second-order valence-electron chi connectivity index (χ2n) is 5.99. The predicted molar refractivity (Wildman–Crippen MR) is 76.4 cm³/mol. The van der Waals surface area contributed by atoms with Gasteiger partial charge in [0.05, 0.1) is 6.54 Å². The number of hydrogen-bond acceptors (Lipinski definition) is 3. The summed E-state index contributed by atoms with van der Waals surface area (Å²) in [7, 11) is 0. The largest absolute Gasteiger partial charge is 0.463 e. The lowest BCUT2D eigenvalue weighted by Gasteiger charge is -2.32. The quantitative estimate of drug-likeness (QED) is 0.774. The maximum Gasteiger partial charge on any atom is 0.315 e. The molecule has 2 atom stereocenters. The smallest absolute Gasteiger partial charge is 0.315 e. The van der Waals surface area contributed by atoms with E-state index in [-0.39, 0.29) is 18.6 Å². The molecular weight excluding hydrogens is 256 g/mol. The molecule has 0 radical (unpaired) electrons. The van der Waals surface area contributed by atoms with Gasteiger partial charge in [-0.1, -0.05) is 6.42 Å². The van der Waals surface area contributed by atoms with Crippen LogP contribution in [0.4, 0.5) is 4.79 Å². The van der Waals surface area contributed by atoms with E-state index in [4.69, 9.17) is 4.42 Å². The van der Waals surface area contributed by atoms with Crippen molar-refractivity contribution < 1.29 is 14.3 Å². The van der Waals surface area contributed by atoms with E-state index in [0.717, 1.165) is 5.76 Å². The Bertz CT molecular complexity index is 463. The summed E-state index contributed by atoms with van der Waals surface area (Å²) in [6.45, 7) is 5.58. The Labute approximate surface area is 119 Å². The number of hydrogen-bond donors (Lipinski definition) is 3. The Kier molecular flexibility index (Phi) is 4.38. The van der Waals surface area contributed by atoms with Gasteiger partial charge in [0.2, 0.25) is 0 Å². The normalized spacial score (nSPS) is 19.8. The lowest BCUT2D eigenvalue weighted by atomic mass is 9.80. The standard InChI is InChI=1S/C15H24N2O3/c1-10-7-8-13(20-10)15(3,19)9-16-14(18)17-11(2)12-5-4-6-12/h7-8,11-12,19H,4-6,9H2,1-3H3,(H2,16,17,18). The van der Waals surface area contributed by atoms with E-state index in [1.807, 2.05) is 13.8 Å². The Morgan fingerprint density at radius 3 is 2.75 bits per heavy atom. The third-order valence-electron chi connectivity index (χ3n) is 4.08. The molecule has 0 aromatic carbocycles. The van der Waals surface area contributed by atoms with Gasteiger partial charge in [-0.05, 0) is 51.7 Å². The minimum atomic E-state index is -1.20. The number of aryl methyl sites for hydroxylation is 1. The third kappa shape index (κ3) is 3.54. The van der Waals surface area contributed by atoms with Crippen LogP contribution in [0.3, 0.4) is 0 Å². The lowest BCUT2D eigenvalue weighted by Crippen LogP contribution is -2.48. The Hall–Kier alpha value is -1.49. The minimum absolute atomic E-state index is 0.114. The van der Waals surface area contributed by atoms with E-state index in [0.29, 0.717) is 11.7 Å². The molecule has 0 aliphatic heterocycles. The van der Waals surface area contributed by atoms with Crippen molar-refractivity contribution in [1.29, 1.82) is 0 Å². The summed E-state index contributed by atoms with van der Waals surface area (Å²) < 4.78 is 5.40. The average molecular weight is 280 g/mol. The van der Waals surface area contributed by atoms with Crippen molar-refractivity contribution >= 4 is 6.03 Å². The van der Waals surface area contributed by atoms with Gasteiger partial charge in [-0.2, -0.15) is 0 Å².